The summed E-state index contributed by atoms with van der Waals surface area (Å²) < 4.78 is 14.5. The first kappa shape index (κ1) is 29.1. The van der Waals surface area contributed by atoms with Crippen molar-refractivity contribution in [2.45, 2.75) is 68.2 Å². The van der Waals surface area contributed by atoms with Gasteiger partial charge < -0.3 is 18.9 Å². The number of anilines is 1. The number of aryl methyl sites for hydroxylation is 1. The zero-order chi connectivity index (χ0) is 32.5. The van der Waals surface area contributed by atoms with Gasteiger partial charge in [0, 0.05) is 65.7 Å². The van der Waals surface area contributed by atoms with Crippen LogP contribution < -0.4 is 4.90 Å². The van der Waals surface area contributed by atoms with Gasteiger partial charge in [-0.3, -0.25) is 9.80 Å². The summed E-state index contributed by atoms with van der Waals surface area (Å²) in [5.41, 5.74) is 9.33. The average molecular weight is 643 g/mol. The highest BCUT2D eigenvalue weighted by Gasteiger charge is 2.66. The van der Waals surface area contributed by atoms with Crippen LogP contribution in [0.3, 0.4) is 0 Å². The molecule has 4 fully saturated rings. The Morgan fingerprint density at radius 3 is 2.75 bits per heavy atom. The van der Waals surface area contributed by atoms with Crippen molar-refractivity contribution in [2.24, 2.45) is 24.8 Å². The number of para-hydroxylation sites is 2. The second-order valence-corrected chi connectivity index (χ2v) is 15.5. The Labute approximate surface area is 283 Å². The second kappa shape index (κ2) is 10.3. The van der Waals surface area contributed by atoms with Gasteiger partial charge in [-0.25, -0.2) is 4.79 Å². The number of rotatable bonds is 3. The Morgan fingerprint density at radius 2 is 1.90 bits per heavy atom. The van der Waals surface area contributed by atoms with E-state index < -0.39 is 0 Å². The molecule has 0 radical (unpaired) electrons. The van der Waals surface area contributed by atoms with E-state index in [1.807, 2.05) is 0 Å². The molecular weight excluding hydrogens is 596 g/mol. The first-order chi connectivity index (χ1) is 23.5. The standard InChI is InChI=1S/C41H46N4O3/c1-5-24-21-44-17-15-32-27-11-7-9-13-34(27)45-39(40(46)47-4)29(24)20-37(44)41(32,45)16-14-25-22-48-23-31-28(25)18-36-38-30(19-35(31)42(36)2)26-10-6-8-12-33(26)43(38)3/h5-14,16,22,28-29,31-32,35-37,39H,15,17-21,23H2,1-4H3/b16-14+,24-5-/t28-,29+,31+,32+,35-,36-,37-,39-,41-/m0/s1. The molecule has 7 heteroatoms. The Balaban J connectivity index is 1.08. The first-order valence-electron chi connectivity index (χ1n) is 18.1. The van der Waals surface area contributed by atoms with Gasteiger partial charge in [-0.05, 0) is 81.0 Å². The van der Waals surface area contributed by atoms with Gasteiger partial charge in [-0.15, -0.1) is 0 Å². The van der Waals surface area contributed by atoms with Crippen LogP contribution in [0, 0.1) is 17.8 Å². The van der Waals surface area contributed by atoms with Crippen LogP contribution in [-0.4, -0.2) is 77.9 Å². The molecule has 2 aromatic carbocycles. The van der Waals surface area contributed by atoms with Gasteiger partial charge in [-0.2, -0.15) is 0 Å². The molecule has 4 bridgehead atoms. The Morgan fingerprint density at radius 1 is 1.06 bits per heavy atom. The number of methoxy groups -OCH3 is 1. The van der Waals surface area contributed by atoms with Crippen LogP contribution in [0.2, 0.25) is 0 Å². The topological polar surface area (TPSA) is 50.2 Å². The van der Waals surface area contributed by atoms with Crippen LogP contribution in [0.4, 0.5) is 5.69 Å². The molecule has 3 aromatic rings. The van der Waals surface area contributed by atoms with Crippen molar-refractivity contribution in [3.63, 3.8) is 0 Å². The molecule has 248 valence electrons. The molecule has 7 nitrogen and oxygen atoms in total. The molecule has 9 atom stereocenters. The summed E-state index contributed by atoms with van der Waals surface area (Å²) in [6, 6.07) is 18.6. The van der Waals surface area contributed by atoms with Crippen LogP contribution in [0.5, 0.6) is 0 Å². The van der Waals surface area contributed by atoms with Crippen molar-refractivity contribution >= 4 is 22.6 Å². The molecule has 4 saturated heterocycles. The normalized spacial score (nSPS) is 37.2. The number of hydrogen-bond acceptors (Lipinski definition) is 6. The Hall–Kier alpha value is -3.81. The van der Waals surface area contributed by atoms with Crippen LogP contribution >= 0.6 is 0 Å². The van der Waals surface area contributed by atoms with E-state index in [0.717, 1.165) is 45.4 Å². The number of benzene rings is 2. The van der Waals surface area contributed by atoms with Gasteiger partial charge >= 0.3 is 5.97 Å². The molecule has 0 aliphatic carbocycles. The fourth-order valence-corrected chi connectivity index (χ4v) is 12.0. The predicted octanol–water partition coefficient (Wildman–Crippen LogP) is 6.12. The van der Waals surface area contributed by atoms with Crippen molar-refractivity contribution < 1.29 is 14.3 Å². The number of ether oxygens (including phenoxy) is 2. The summed E-state index contributed by atoms with van der Waals surface area (Å²) in [4.78, 5) is 21.8. The van der Waals surface area contributed by atoms with Crippen LogP contribution in [-0.2, 0) is 27.7 Å². The van der Waals surface area contributed by atoms with Crippen molar-refractivity contribution in [3.05, 3.63) is 101 Å². The second-order valence-electron chi connectivity index (χ2n) is 15.5. The summed E-state index contributed by atoms with van der Waals surface area (Å²) in [6.45, 7) is 4.93. The van der Waals surface area contributed by atoms with E-state index in [2.05, 4.69) is 113 Å². The van der Waals surface area contributed by atoms with Gasteiger partial charge in [0.25, 0.3) is 0 Å². The highest BCUT2D eigenvalue weighted by molar-refractivity contribution is 5.87. The number of aromatic nitrogens is 1. The third kappa shape index (κ3) is 3.59. The van der Waals surface area contributed by atoms with Gasteiger partial charge in [0.2, 0.25) is 0 Å². The third-order valence-corrected chi connectivity index (χ3v) is 14.0. The van der Waals surface area contributed by atoms with Crippen molar-refractivity contribution in [3.8, 4) is 0 Å². The van der Waals surface area contributed by atoms with E-state index >= 15 is 0 Å². The quantitative estimate of drug-likeness (QED) is 0.254. The van der Waals surface area contributed by atoms with Crippen molar-refractivity contribution in [1.82, 2.24) is 14.4 Å². The monoisotopic (exact) mass is 642 g/mol. The fraction of sp³-hybridized carbons (Fsp3) is 0.488. The highest BCUT2D eigenvalue weighted by atomic mass is 16.5. The highest BCUT2D eigenvalue weighted by Crippen LogP contribution is 2.62. The lowest BCUT2D eigenvalue weighted by molar-refractivity contribution is -0.146. The summed E-state index contributed by atoms with van der Waals surface area (Å²) in [7, 11) is 6.16. The lowest BCUT2D eigenvalue weighted by Gasteiger charge is -2.64. The minimum Gasteiger partial charge on any atom is -0.501 e. The summed E-state index contributed by atoms with van der Waals surface area (Å²) >= 11 is 0. The molecule has 7 aliphatic rings. The minimum absolute atomic E-state index is 0.116. The number of esters is 1. The summed E-state index contributed by atoms with van der Waals surface area (Å²) in [6.07, 6.45) is 13.5. The maximum absolute atomic E-state index is 13.9. The smallest absolute Gasteiger partial charge is 0.329 e. The van der Waals surface area contributed by atoms with E-state index in [9.17, 15) is 4.79 Å². The molecular formula is C41H46N4O3. The average Bonchev–Trinajstić information content (AvgIpc) is 3.56. The maximum atomic E-state index is 13.9. The number of fused-ring (bicyclic) bond motifs is 12. The molecule has 0 unspecified atom stereocenters. The molecule has 7 aliphatic heterocycles. The van der Waals surface area contributed by atoms with Gasteiger partial charge in [0.05, 0.1) is 31.6 Å². The fourth-order valence-electron chi connectivity index (χ4n) is 12.0. The minimum atomic E-state index is -0.342. The lowest BCUT2D eigenvalue weighted by Crippen LogP contribution is -2.75. The first-order valence-corrected chi connectivity index (χ1v) is 18.1. The Bertz CT molecular complexity index is 1940. The number of carbonyl (C=O) groups excluding carboxylic acids is 1. The number of nitrogens with zero attached hydrogens (tertiary/aromatic N) is 4. The largest absolute Gasteiger partial charge is 0.501 e. The van der Waals surface area contributed by atoms with Crippen molar-refractivity contribution in [1.29, 1.82) is 0 Å². The van der Waals surface area contributed by atoms with Gasteiger partial charge in [0.15, 0.2) is 0 Å². The van der Waals surface area contributed by atoms with Crippen LogP contribution in [0.15, 0.2) is 84.2 Å². The van der Waals surface area contributed by atoms with E-state index in [4.69, 9.17) is 9.47 Å². The van der Waals surface area contributed by atoms with E-state index in [-0.39, 0.29) is 23.5 Å². The number of allylic oxidation sites excluding steroid dienone is 3. The molecule has 0 spiro atoms. The number of carbonyl (C=O) groups is 1. The summed E-state index contributed by atoms with van der Waals surface area (Å²) in [5.74, 6) is 1.21. The molecule has 10 rings (SSSR count). The Kier molecular flexibility index (Phi) is 6.28. The predicted molar refractivity (Wildman–Crippen MR) is 188 cm³/mol. The SMILES string of the molecule is C/C=C1/CN2CC[C@@H]3c4ccccc4N4[C@H](C(=O)OC)[C@@H]1C[C@H]2[C@]34/C=C/C1=COC[C@@H]2[C@H]1C[C@H]1c3c(c4ccccc4n3C)C[C@@H]2N1C. The molecule has 48 heavy (non-hydrogen) atoms. The lowest BCUT2D eigenvalue weighted by atomic mass is 9.61. The zero-order valence-corrected chi connectivity index (χ0v) is 28.5. The van der Waals surface area contributed by atoms with Gasteiger partial charge in [0.1, 0.15) is 6.04 Å². The van der Waals surface area contributed by atoms with Crippen LogP contribution in [0.25, 0.3) is 10.9 Å². The van der Waals surface area contributed by atoms with E-state index in [1.165, 1.54) is 44.6 Å². The van der Waals surface area contributed by atoms with Crippen LogP contribution in [0.1, 0.15) is 55.0 Å². The molecule has 8 heterocycles. The maximum Gasteiger partial charge on any atom is 0.329 e. The third-order valence-electron chi connectivity index (χ3n) is 14.0. The van der Waals surface area contributed by atoms with Gasteiger partial charge in [-0.1, -0.05) is 60.2 Å². The van der Waals surface area contributed by atoms with Crippen molar-refractivity contribution in [2.75, 3.05) is 38.8 Å². The molecule has 0 N–H and O–H groups in total. The number of hydrogen-bond donors (Lipinski definition) is 0. The van der Waals surface area contributed by atoms with E-state index in [1.54, 1.807) is 7.11 Å². The summed E-state index contributed by atoms with van der Waals surface area (Å²) in [5, 5.41) is 1.42. The molecule has 0 amide bonds. The number of piperidine rings is 4. The number of likely N-dealkylation sites (N-methyl/N-ethyl adjacent to an activating group) is 1. The van der Waals surface area contributed by atoms with E-state index in [0.29, 0.717) is 35.9 Å². The molecule has 0 saturated carbocycles. The zero-order valence-electron chi connectivity index (χ0n) is 28.5. The molecule has 1 aromatic heterocycles.